The molecule has 0 saturated heterocycles. The Bertz CT molecular complexity index is 731. The van der Waals surface area contributed by atoms with Gasteiger partial charge in [-0.15, -0.1) is 0 Å². The molecule has 0 bridgehead atoms. The summed E-state index contributed by atoms with van der Waals surface area (Å²) < 4.78 is 29.9. The Hall–Kier alpha value is -2.08. The minimum absolute atomic E-state index is 0.0144. The van der Waals surface area contributed by atoms with Gasteiger partial charge in [-0.1, -0.05) is 15.9 Å². The summed E-state index contributed by atoms with van der Waals surface area (Å²) in [5.41, 5.74) is 1.53. The lowest BCUT2D eigenvalue weighted by molar-refractivity contribution is 0.0466. The van der Waals surface area contributed by atoms with Crippen LogP contribution in [0.1, 0.15) is 21.5 Å². The molecular formula is C17H16BrFO4. The first-order valence-electron chi connectivity index (χ1n) is 6.80. The molecule has 2 aromatic rings. The van der Waals surface area contributed by atoms with Crippen molar-refractivity contribution in [1.82, 2.24) is 0 Å². The van der Waals surface area contributed by atoms with Crippen molar-refractivity contribution >= 4 is 21.9 Å². The monoisotopic (exact) mass is 382 g/mol. The molecule has 2 rings (SSSR count). The maximum absolute atomic E-state index is 13.8. The zero-order valence-electron chi connectivity index (χ0n) is 13.0. The molecular weight excluding hydrogens is 367 g/mol. The second-order valence-corrected chi connectivity index (χ2v) is 5.75. The van der Waals surface area contributed by atoms with Gasteiger partial charge in [0.2, 0.25) is 0 Å². The minimum atomic E-state index is -0.718. The smallest absolute Gasteiger partial charge is 0.341 e. The molecule has 0 radical (unpaired) electrons. The Balaban J connectivity index is 2.15. The summed E-state index contributed by atoms with van der Waals surface area (Å²) in [6, 6.07) is 7.71. The molecule has 0 aliphatic rings. The van der Waals surface area contributed by atoms with Crippen molar-refractivity contribution in [3.8, 4) is 11.5 Å². The van der Waals surface area contributed by atoms with Gasteiger partial charge in [0.05, 0.1) is 19.8 Å². The Labute approximate surface area is 142 Å². The van der Waals surface area contributed by atoms with Crippen molar-refractivity contribution in [2.75, 3.05) is 14.2 Å². The van der Waals surface area contributed by atoms with Crippen LogP contribution in [0, 0.1) is 12.7 Å². The predicted octanol–water partition coefficient (Wildman–Crippen LogP) is 4.27. The predicted molar refractivity (Wildman–Crippen MR) is 87.5 cm³/mol. The van der Waals surface area contributed by atoms with E-state index in [9.17, 15) is 9.18 Å². The lowest BCUT2D eigenvalue weighted by atomic mass is 10.1. The van der Waals surface area contributed by atoms with Gasteiger partial charge in [0.1, 0.15) is 12.4 Å². The van der Waals surface area contributed by atoms with Crippen LogP contribution in [-0.2, 0) is 11.3 Å². The lowest BCUT2D eigenvalue weighted by Crippen LogP contribution is -2.08. The lowest BCUT2D eigenvalue weighted by Gasteiger charge is -2.13. The van der Waals surface area contributed by atoms with E-state index in [-0.39, 0.29) is 12.2 Å². The summed E-state index contributed by atoms with van der Waals surface area (Å²) in [4.78, 5) is 12.0. The Kier molecular flexibility index (Phi) is 5.60. The van der Waals surface area contributed by atoms with E-state index in [1.165, 1.54) is 19.2 Å². The van der Waals surface area contributed by atoms with Crippen LogP contribution in [-0.4, -0.2) is 20.2 Å². The van der Waals surface area contributed by atoms with Crippen LogP contribution in [0.4, 0.5) is 4.39 Å². The zero-order valence-corrected chi connectivity index (χ0v) is 14.6. The van der Waals surface area contributed by atoms with E-state index in [0.717, 1.165) is 11.1 Å². The second kappa shape index (κ2) is 7.46. The number of carbonyl (C=O) groups excluding carboxylic acids is 1. The van der Waals surface area contributed by atoms with Crippen molar-refractivity contribution in [3.63, 3.8) is 0 Å². The number of carbonyl (C=O) groups is 1. The van der Waals surface area contributed by atoms with E-state index in [1.54, 1.807) is 25.3 Å². The average molecular weight is 383 g/mol. The molecule has 0 aliphatic heterocycles. The molecule has 0 aliphatic carbocycles. The highest BCUT2D eigenvalue weighted by Crippen LogP contribution is 2.30. The summed E-state index contributed by atoms with van der Waals surface area (Å²) in [6.45, 7) is 1.88. The number of esters is 1. The van der Waals surface area contributed by atoms with Crippen molar-refractivity contribution in [1.29, 1.82) is 0 Å². The number of halogens is 2. The SMILES string of the molecule is COc1cc(C)c(COC(=O)c2ccc(Br)cc2F)cc1OC. The van der Waals surface area contributed by atoms with Crippen LogP contribution in [0.3, 0.4) is 0 Å². The standard InChI is InChI=1S/C17H16BrFO4/c1-10-6-15(21-2)16(22-3)7-11(10)9-23-17(20)13-5-4-12(18)8-14(13)19/h4-8H,9H2,1-3H3. The van der Waals surface area contributed by atoms with E-state index < -0.39 is 11.8 Å². The quantitative estimate of drug-likeness (QED) is 0.724. The van der Waals surface area contributed by atoms with Crippen LogP contribution in [0.15, 0.2) is 34.8 Å². The molecule has 0 unspecified atom stereocenters. The van der Waals surface area contributed by atoms with Gasteiger partial charge >= 0.3 is 5.97 Å². The highest BCUT2D eigenvalue weighted by atomic mass is 79.9. The van der Waals surface area contributed by atoms with E-state index in [0.29, 0.717) is 16.0 Å². The van der Waals surface area contributed by atoms with Crippen LogP contribution in [0.25, 0.3) is 0 Å². The maximum atomic E-state index is 13.8. The van der Waals surface area contributed by atoms with Gasteiger partial charge in [-0.3, -0.25) is 0 Å². The van der Waals surface area contributed by atoms with Gasteiger partial charge in [-0.05, 0) is 48.4 Å². The third-order valence-corrected chi connectivity index (χ3v) is 3.85. The summed E-state index contributed by atoms with van der Waals surface area (Å²) in [7, 11) is 3.08. The van der Waals surface area contributed by atoms with Gasteiger partial charge in [0, 0.05) is 4.47 Å². The third-order valence-electron chi connectivity index (χ3n) is 3.35. The molecule has 4 nitrogen and oxygen atoms in total. The number of methoxy groups -OCH3 is 2. The number of benzene rings is 2. The molecule has 0 aromatic heterocycles. The highest BCUT2D eigenvalue weighted by Gasteiger charge is 2.15. The first-order valence-corrected chi connectivity index (χ1v) is 7.59. The number of aryl methyl sites for hydroxylation is 1. The summed E-state index contributed by atoms with van der Waals surface area (Å²) in [5, 5.41) is 0. The Morgan fingerprint density at radius 2 is 1.78 bits per heavy atom. The van der Waals surface area contributed by atoms with Gasteiger partial charge in [-0.25, -0.2) is 9.18 Å². The Morgan fingerprint density at radius 1 is 1.13 bits per heavy atom. The van der Waals surface area contributed by atoms with E-state index >= 15 is 0 Å². The summed E-state index contributed by atoms with van der Waals surface area (Å²) in [5.74, 6) is -0.212. The van der Waals surface area contributed by atoms with Gasteiger partial charge in [0.15, 0.2) is 11.5 Å². The number of hydrogen-bond acceptors (Lipinski definition) is 4. The van der Waals surface area contributed by atoms with E-state index in [2.05, 4.69) is 15.9 Å². The number of rotatable bonds is 5. The van der Waals surface area contributed by atoms with E-state index in [4.69, 9.17) is 14.2 Å². The second-order valence-electron chi connectivity index (χ2n) is 4.83. The molecule has 0 spiro atoms. The van der Waals surface area contributed by atoms with Gasteiger partial charge < -0.3 is 14.2 Å². The fraction of sp³-hybridized carbons (Fsp3) is 0.235. The van der Waals surface area contributed by atoms with Crippen molar-refractivity contribution in [2.24, 2.45) is 0 Å². The molecule has 0 N–H and O–H groups in total. The Morgan fingerprint density at radius 3 is 2.39 bits per heavy atom. The molecule has 0 heterocycles. The largest absolute Gasteiger partial charge is 0.493 e. The molecule has 0 atom stereocenters. The topological polar surface area (TPSA) is 44.8 Å². The normalized spacial score (nSPS) is 10.3. The molecule has 0 saturated carbocycles. The fourth-order valence-electron chi connectivity index (χ4n) is 2.05. The fourth-order valence-corrected chi connectivity index (χ4v) is 2.39. The molecule has 0 amide bonds. The number of hydrogen-bond donors (Lipinski definition) is 0. The first-order chi connectivity index (χ1) is 11.0. The maximum Gasteiger partial charge on any atom is 0.341 e. The number of ether oxygens (including phenoxy) is 3. The minimum Gasteiger partial charge on any atom is -0.493 e. The van der Waals surface area contributed by atoms with Crippen molar-refractivity contribution in [2.45, 2.75) is 13.5 Å². The molecule has 2 aromatic carbocycles. The zero-order chi connectivity index (χ0) is 17.0. The molecule has 0 fully saturated rings. The summed E-state index contributed by atoms with van der Waals surface area (Å²) >= 11 is 3.14. The highest BCUT2D eigenvalue weighted by molar-refractivity contribution is 9.10. The van der Waals surface area contributed by atoms with Crippen LogP contribution >= 0.6 is 15.9 Å². The van der Waals surface area contributed by atoms with Crippen LogP contribution < -0.4 is 9.47 Å². The van der Waals surface area contributed by atoms with Crippen molar-refractivity contribution < 1.29 is 23.4 Å². The van der Waals surface area contributed by atoms with Crippen LogP contribution in [0.2, 0.25) is 0 Å². The van der Waals surface area contributed by atoms with Gasteiger partial charge in [-0.2, -0.15) is 0 Å². The third kappa shape index (κ3) is 4.01. The van der Waals surface area contributed by atoms with Crippen molar-refractivity contribution in [3.05, 3.63) is 57.3 Å². The van der Waals surface area contributed by atoms with E-state index in [1.807, 2.05) is 6.92 Å². The van der Waals surface area contributed by atoms with Crippen LogP contribution in [0.5, 0.6) is 11.5 Å². The molecule has 23 heavy (non-hydrogen) atoms. The van der Waals surface area contributed by atoms with Gasteiger partial charge in [0.25, 0.3) is 0 Å². The molecule has 6 heteroatoms. The molecule has 122 valence electrons. The average Bonchev–Trinajstić information content (AvgIpc) is 2.53. The first kappa shape index (κ1) is 17.3. The summed E-state index contributed by atoms with van der Waals surface area (Å²) in [6.07, 6.45) is 0.